The summed E-state index contributed by atoms with van der Waals surface area (Å²) in [6, 6.07) is 3.97. The standard InChI is InChI=1S/C22H32N8O5/c23-14(7-8-18(24)31)19(32)29-16(6-3-9-27-22(25)26)20(33)30-17(21(34)35)10-12-11-28-15-5-2-1-4-13(12)15/h1-2,4-5,11,14,16-17,28H,3,6-10,23H2,(H2,24,31)(H,29,32)(H,30,33)(H,34,35)(H4,25,26,27). The van der Waals surface area contributed by atoms with E-state index in [0.29, 0.717) is 6.42 Å². The van der Waals surface area contributed by atoms with Crippen molar-refractivity contribution in [2.24, 2.45) is 27.9 Å². The molecular formula is C22H32N8O5. The number of aromatic amines is 1. The molecule has 2 aromatic rings. The Hall–Kier alpha value is -4.13. The number of amides is 3. The molecule has 0 aliphatic rings. The van der Waals surface area contributed by atoms with Crippen LogP contribution in [0.4, 0.5) is 0 Å². The number of fused-ring (bicyclic) bond motifs is 1. The second-order valence-corrected chi connectivity index (χ2v) is 8.08. The molecule has 0 aliphatic carbocycles. The molecule has 0 saturated heterocycles. The van der Waals surface area contributed by atoms with E-state index < -0.39 is 41.8 Å². The van der Waals surface area contributed by atoms with Crippen molar-refractivity contribution >= 4 is 40.6 Å². The second kappa shape index (κ2) is 12.9. The fourth-order valence-corrected chi connectivity index (χ4v) is 3.47. The molecule has 0 bridgehead atoms. The zero-order chi connectivity index (χ0) is 26.0. The number of rotatable bonds is 14. The van der Waals surface area contributed by atoms with Crippen LogP contribution in [0.2, 0.25) is 0 Å². The van der Waals surface area contributed by atoms with Crippen molar-refractivity contribution in [3.63, 3.8) is 0 Å². The van der Waals surface area contributed by atoms with Crippen LogP contribution in [0, 0.1) is 0 Å². The van der Waals surface area contributed by atoms with Crippen molar-refractivity contribution < 1.29 is 24.3 Å². The minimum atomic E-state index is -1.25. The summed E-state index contributed by atoms with van der Waals surface area (Å²) in [4.78, 5) is 55.3. The lowest BCUT2D eigenvalue weighted by Gasteiger charge is -2.23. The van der Waals surface area contributed by atoms with Crippen molar-refractivity contribution in [1.29, 1.82) is 0 Å². The van der Waals surface area contributed by atoms with Gasteiger partial charge in [-0.05, 0) is 30.9 Å². The predicted octanol–water partition coefficient (Wildman–Crippen LogP) is -1.59. The van der Waals surface area contributed by atoms with Gasteiger partial charge in [0.25, 0.3) is 0 Å². The van der Waals surface area contributed by atoms with Crippen LogP contribution in [-0.2, 0) is 25.6 Å². The number of carbonyl (C=O) groups excluding carboxylic acids is 3. The van der Waals surface area contributed by atoms with Crippen molar-refractivity contribution in [2.45, 2.75) is 50.2 Å². The lowest BCUT2D eigenvalue weighted by atomic mass is 10.0. The summed E-state index contributed by atoms with van der Waals surface area (Å²) >= 11 is 0. The van der Waals surface area contributed by atoms with Gasteiger partial charge < -0.3 is 43.7 Å². The SMILES string of the molecule is NC(=O)CCC(N)C(=O)NC(CCCN=C(N)N)C(=O)NC(Cc1c[nH]c2ccccc12)C(=O)O. The average molecular weight is 489 g/mol. The van der Waals surface area contributed by atoms with Crippen LogP contribution in [0.3, 0.4) is 0 Å². The number of para-hydroxylation sites is 1. The highest BCUT2D eigenvalue weighted by molar-refractivity contribution is 5.92. The molecule has 2 rings (SSSR count). The van der Waals surface area contributed by atoms with E-state index in [-0.39, 0.29) is 38.2 Å². The maximum absolute atomic E-state index is 13.0. The van der Waals surface area contributed by atoms with Crippen molar-refractivity contribution in [1.82, 2.24) is 15.6 Å². The number of nitrogens with two attached hydrogens (primary N) is 4. The Labute approximate surface area is 201 Å². The fraction of sp³-hybridized carbons (Fsp3) is 0.409. The van der Waals surface area contributed by atoms with E-state index in [1.165, 1.54) is 0 Å². The fourth-order valence-electron chi connectivity index (χ4n) is 3.47. The molecule has 1 heterocycles. The first-order valence-electron chi connectivity index (χ1n) is 11.1. The van der Waals surface area contributed by atoms with E-state index >= 15 is 0 Å². The molecule has 3 amide bonds. The van der Waals surface area contributed by atoms with E-state index in [9.17, 15) is 24.3 Å². The average Bonchev–Trinajstić information content (AvgIpc) is 3.21. The number of aromatic nitrogens is 1. The minimum Gasteiger partial charge on any atom is -0.480 e. The minimum absolute atomic E-state index is 0.00181. The van der Waals surface area contributed by atoms with Gasteiger partial charge in [0.15, 0.2) is 5.96 Å². The largest absolute Gasteiger partial charge is 0.480 e. The third kappa shape index (κ3) is 8.62. The summed E-state index contributed by atoms with van der Waals surface area (Å²) in [6.45, 7) is 0.202. The van der Waals surface area contributed by atoms with Crippen LogP contribution in [0.1, 0.15) is 31.2 Å². The summed E-state index contributed by atoms with van der Waals surface area (Å²) in [7, 11) is 0. The van der Waals surface area contributed by atoms with Gasteiger partial charge in [-0.2, -0.15) is 0 Å². The zero-order valence-electron chi connectivity index (χ0n) is 19.2. The number of aliphatic imine (C=N–C) groups is 1. The first kappa shape index (κ1) is 27.1. The highest BCUT2D eigenvalue weighted by Crippen LogP contribution is 2.19. The van der Waals surface area contributed by atoms with Crippen LogP contribution in [0.5, 0.6) is 0 Å². The summed E-state index contributed by atoms with van der Waals surface area (Å²) < 4.78 is 0. The predicted molar refractivity (Wildman–Crippen MR) is 130 cm³/mol. The Balaban J connectivity index is 2.12. The molecule has 1 aromatic carbocycles. The molecule has 0 aliphatic heterocycles. The number of nitrogens with zero attached hydrogens (tertiary/aromatic N) is 1. The zero-order valence-corrected chi connectivity index (χ0v) is 19.2. The molecule has 13 nitrogen and oxygen atoms in total. The Morgan fingerprint density at radius 1 is 1.00 bits per heavy atom. The van der Waals surface area contributed by atoms with Gasteiger partial charge in [0.1, 0.15) is 12.1 Å². The molecule has 190 valence electrons. The highest BCUT2D eigenvalue weighted by Gasteiger charge is 2.28. The third-order valence-electron chi connectivity index (χ3n) is 5.33. The molecule has 0 spiro atoms. The molecule has 0 saturated carbocycles. The van der Waals surface area contributed by atoms with Gasteiger partial charge in [-0.1, -0.05) is 18.2 Å². The van der Waals surface area contributed by atoms with Crippen LogP contribution in [0.15, 0.2) is 35.5 Å². The lowest BCUT2D eigenvalue weighted by molar-refractivity contribution is -0.142. The van der Waals surface area contributed by atoms with Gasteiger partial charge in [-0.25, -0.2) is 4.79 Å². The Morgan fingerprint density at radius 2 is 1.69 bits per heavy atom. The molecule has 3 unspecified atom stereocenters. The number of benzene rings is 1. The quantitative estimate of drug-likeness (QED) is 0.0872. The van der Waals surface area contributed by atoms with Crippen molar-refractivity contribution in [2.75, 3.05) is 6.54 Å². The van der Waals surface area contributed by atoms with Crippen molar-refractivity contribution in [3.05, 3.63) is 36.0 Å². The van der Waals surface area contributed by atoms with Crippen molar-refractivity contribution in [3.8, 4) is 0 Å². The van der Waals surface area contributed by atoms with E-state index in [4.69, 9.17) is 22.9 Å². The molecule has 0 fully saturated rings. The Kier molecular flexibility index (Phi) is 10.0. The number of guanidine groups is 1. The topological polar surface area (TPSA) is 245 Å². The van der Waals surface area contributed by atoms with E-state index in [0.717, 1.165) is 16.5 Å². The first-order valence-corrected chi connectivity index (χ1v) is 11.1. The number of carboxylic acids is 1. The number of primary amides is 1. The second-order valence-electron chi connectivity index (χ2n) is 8.08. The third-order valence-corrected chi connectivity index (χ3v) is 5.33. The maximum atomic E-state index is 13.0. The van der Waals surface area contributed by atoms with Gasteiger partial charge in [0.05, 0.1) is 6.04 Å². The number of carboxylic acid groups (broad SMARTS) is 1. The summed E-state index contributed by atoms with van der Waals surface area (Å²) in [6.07, 6.45) is 2.07. The van der Waals surface area contributed by atoms with E-state index in [2.05, 4.69) is 20.6 Å². The molecule has 3 atom stereocenters. The summed E-state index contributed by atoms with van der Waals surface area (Å²) in [5, 5.41) is 15.6. The Morgan fingerprint density at radius 3 is 2.34 bits per heavy atom. The molecule has 35 heavy (non-hydrogen) atoms. The molecule has 1 aromatic heterocycles. The number of carbonyl (C=O) groups is 4. The molecule has 13 heteroatoms. The number of H-pyrrole nitrogens is 1. The molecule has 0 radical (unpaired) electrons. The van der Waals surface area contributed by atoms with Gasteiger partial charge in [-0.15, -0.1) is 0 Å². The number of aliphatic carboxylic acids is 1. The van der Waals surface area contributed by atoms with Gasteiger partial charge in [0.2, 0.25) is 17.7 Å². The van der Waals surface area contributed by atoms with Crippen LogP contribution in [0.25, 0.3) is 10.9 Å². The summed E-state index contributed by atoms with van der Waals surface area (Å²) in [5.41, 5.74) is 23.1. The van der Waals surface area contributed by atoms with Crippen LogP contribution < -0.4 is 33.6 Å². The Bertz CT molecular complexity index is 1080. The maximum Gasteiger partial charge on any atom is 0.326 e. The lowest BCUT2D eigenvalue weighted by Crippen LogP contribution is -2.55. The number of nitrogens with one attached hydrogen (secondary N) is 3. The summed E-state index contributed by atoms with van der Waals surface area (Å²) in [5.74, 6) is -3.32. The number of hydrogen-bond acceptors (Lipinski definition) is 6. The van der Waals surface area contributed by atoms with E-state index in [1.54, 1.807) is 6.20 Å². The highest BCUT2D eigenvalue weighted by atomic mass is 16.4. The van der Waals surface area contributed by atoms with Gasteiger partial charge >= 0.3 is 5.97 Å². The van der Waals surface area contributed by atoms with Crippen LogP contribution >= 0.6 is 0 Å². The molecular weight excluding hydrogens is 456 g/mol. The van der Waals surface area contributed by atoms with E-state index in [1.807, 2.05) is 24.3 Å². The number of hydrogen-bond donors (Lipinski definition) is 8. The molecule has 12 N–H and O–H groups in total. The normalized spacial score (nSPS) is 13.4. The van der Waals surface area contributed by atoms with Crippen LogP contribution in [-0.4, -0.2) is 64.4 Å². The monoisotopic (exact) mass is 488 g/mol. The van der Waals surface area contributed by atoms with Gasteiger partial charge in [-0.3, -0.25) is 19.4 Å². The first-order chi connectivity index (χ1) is 16.6. The van der Waals surface area contributed by atoms with Gasteiger partial charge in [0, 0.05) is 36.5 Å². The smallest absolute Gasteiger partial charge is 0.326 e.